The van der Waals surface area contributed by atoms with Crippen LogP contribution in [0.1, 0.15) is 29.4 Å². The summed E-state index contributed by atoms with van der Waals surface area (Å²) in [4.78, 5) is 30.5. The van der Waals surface area contributed by atoms with Crippen LogP contribution in [0, 0.1) is 12.7 Å². The van der Waals surface area contributed by atoms with E-state index in [-0.39, 0.29) is 29.4 Å². The minimum atomic E-state index is -1.19. The van der Waals surface area contributed by atoms with E-state index in [1.165, 1.54) is 17.3 Å². The summed E-state index contributed by atoms with van der Waals surface area (Å²) >= 11 is 0. The molecule has 5 rings (SSSR count). The number of piperazine rings is 1. The molecule has 1 aliphatic heterocycles. The average molecular weight is 538 g/mol. The minimum Gasteiger partial charge on any atom is -0.435 e. The van der Waals surface area contributed by atoms with E-state index in [4.69, 9.17) is 4.74 Å². The molecule has 9 nitrogen and oxygen atoms in total. The molecule has 0 bridgehead atoms. The second-order valence-electron chi connectivity index (χ2n) is 10.00. The first-order chi connectivity index (χ1) is 18.7. The fourth-order valence-corrected chi connectivity index (χ4v) is 4.96. The molecule has 1 aromatic carbocycles. The monoisotopic (exact) mass is 537 g/mol. The highest BCUT2D eigenvalue weighted by Crippen LogP contribution is 2.34. The number of aromatic nitrogens is 3. The van der Waals surface area contributed by atoms with E-state index < -0.39 is 17.9 Å². The number of benzene rings is 1. The van der Waals surface area contributed by atoms with Crippen LogP contribution in [-0.4, -0.2) is 88.5 Å². The molecule has 0 spiro atoms. The summed E-state index contributed by atoms with van der Waals surface area (Å²) in [6.07, 6.45) is 3.74. The summed E-state index contributed by atoms with van der Waals surface area (Å²) in [5.74, 6) is -1.03. The minimum absolute atomic E-state index is 0.0222. The molecule has 2 aromatic heterocycles. The van der Waals surface area contributed by atoms with Crippen molar-refractivity contribution in [2.24, 2.45) is 0 Å². The van der Waals surface area contributed by atoms with Crippen molar-refractivity contribution in [1.82, 2.24) is 29.7 Å². The van der Waals surface area contributed by atoms with Crippen molar-refractivity contribution in [2.75, 3.05) is 52.1 Å². The van der Waals surface area contributed by atoms with Gasteiger partial charge in [-0.15, -0.1) is 0 Å². The van der Waals surface area contributed by atoms with Gasteiger partial charge in [-0.05, 0) is 43.8 Å². The zero-order valence-electron chi connectivity index (χ0n) is 22.6. The molecular formula is C28H33F2N7O2. The Morgan fingerprint density at radius 2 is 1.97 bits per heavy atom. The third-order valence-corrected chi connectivity index (χ3v) is 7.12. The Bertz CT molecular complexity index is 1440. The number of hydrogen-bond donors (Lipinski definition) is 2. The van der Waals surface area contributed by atoms with Gasteiger partial charge in [-0.1, -0.05) is 6.92 Å². The van der Waals surface area contributed by atoms with E-state index in [1.807, 2.05) is 13.0 Å². The second-order valence-corrected chi connectivity index (χ2v) is 10.00. The van der Waals surface area contributed by atoms with E-state index >= 15 is 8.78 Å². The number of nitrogens with one attached hydrogen (secondary N) is 2. The number of ether oxygens (including phenoxy) is 1. The molecule has 2 aliphatic rings. The molecule has 1 atom stereocenters. The fourth-order valence-electron chi connectivity index (χ4n) is 4.96. The molecule has 3 heterocycles. The number of carbonyl (C=O) groups excluding carboxylic acids is 1. The van der Waals surface area contributed by atoms with Gasteiger partial charge in [-0.25, -0.2) is 18.7 Å². The third kappa shape index (κ3) is 5.44. The van der Waals surface area contributed by atoms with E-state index in [9.17, 15) is 4.79 Å². The van der Waals surface area contributed by atoms with Gasteiger partial charge in [0.15, 0.2) is 11.6 Å². The number of aryl methyl sites for hydroxylation is 1. The predicted molar refractivity (Wildman–Crippen MR) is 146 cm³/mol. The number of allylic oxidation sites excluding steroid dienone is 4. The predicted octanol–water partition coefficient (Wildman–Crippen LogP) is 4.46. The maximum Gasteiger partial charge on any atom is 0.262 e. The SMILES string of the molecule is CCN1CCN(C2=CC=C(Nc3ncnc(Oc4ccc5[nH]c(C)cc5c4F)c3C(=O)N(C)C)CC2F)CC1. The first-order valence-corrected chi connectivity index (χ1v) is 13.1. The van der Waals surface area contributed by atoms with Crippen LogP contribution in [0.2, 0.25) is 0 Å². The highest BCUT2D eigenvalue weighted by atomic mass is 19.1. The van der Waals surface area contributed by atoms with Gasteiger partial charge in [0.1, 0.15) is 23.9 Å². The Kier molecular flexibility index (Phi) is 7.51. The normalized spacial score (nSPS) is 18.1. The number of amides is 1. The molecule has 3 aromatic rings. The lowest BCUT2D eigenvalue weighted by Crippen LogP contribution is -2.47. The topological polar surface area (TPSA) is 89.6 Å². The molecule has 1 aliphatic carbocycles. The molecule has 2 N–H and O–H groups in total. The lowest BCUT2D eigenvalue weighted by Gasteiger charge is -2.38. The van der Waals surface area contributed by atoms with E-state index in [1.54, 1.807) is 32.3 Å². The highest BCUT2D eigenvalue weighted by molar-refractivity contribution is 6.01. The number of anilines is 1. The second kappa shape index (κ2) is 11.0. The zero-order chi connectivity index (χ0) is 27.7. The molecule has 0 saturated carbocycles. The lowest BCUT2D eigenvalue weighted by molar-refractivity contribution is 0.0824. The van der Waals surface area contributed by atoms with Crippen LogP contribution in [0.4, 0.5) is 14.6 Å². The first-order valence-electron chi connectivity index (χ1n) is 13.1. The summed E-state index contributed by atoms with van der Waals surface area (Å²) in [6, 6.07) is 4.87. The van der Waals surface area contributed by atoms with Crippen molar-refractivity contribution < 1.29 is 18.3 Å². The van der Waals surface area contributed by atoms with Crippen LogP contribution in [0.5, 0.6) is 11.6 Å². The Morgan fingerprint density at radius 3 is 2.67 bits per heavy atom. The highest BCUT2D eigenvalue weighted by Gasteiger charge is 2.29. The molecule has 39 heavy (non-hydrogen) atoms. The molecule has 1 fully saturated rings. The van der Waals surface area contributed by atoms with Crippen LogP contribution in [0.25, 0.3) is 10.9 Å². The molecule has 1 amide bonds. The van der Waals surface area contributed by atoms with Crippen molar-refractivity contribution in [1.29, 1.82) is 0 Å². The standard InChI is InChI=1S/C28H33F2N7O2/c1-5-36-10-12-37(13-11-36)22-8-6-18(15-20(22)29)34-26-24(28(38)35(3)4)27(32-16-31-26)39-23-9-7-21-19(25(23)30)14-17(2)33-21/h6-9,14,16,20,33H,5,10-13,15H2,1-4H3,(H,31,32,34). The number of carbonyl (C=O) groups is 1. The molecule has 206 valence electrons. The maximum atomic E-state index is 15.3. The number of rotatable bonds is 7. The number of aromatic amines is 1. The van der Waals surface area contributed by atoms with Crippen LogP contribution in [-0.2, 0) is 0 Å². The molecule has 1 unspecified atom stereocenters. The number of nitrogens with zero attached hydrogens (tertiary/aromatic N) is 5. The van der Waals surface area contributed by atoms with Gasteiger partial charge in [0.25, 0.3) is 5.91 Å². The van der Waals surface area contributed by atoms with Crippen molar-refractivity contribution in [3.8, 4) is 11.6 Å². The number of hydrogen-bond acceptors (Lipinski definition) is 7. The van der Waals surface area contributed by atoms with Crippen molar-refractivity contribution in [3.63, 3.8) is 0 Å². The summed E-state index contributed by atoms with van der Waals surface area (Å²) in [6.45, 7) is 8.35. The Morgan fingerprint density at radius 1 is 1.21 bits per heavy atom. The number of likely N-dealkylation sites (N-methyl/N-ethyl adjacent to an activating group) is 1. The fraction of sp³-hybridized carbons (Fsp3) is 0.393. The molecular weight excluding hydrogens is 504 g/mol. The van der Waals surface area contributed by atoms with E-state index in [2.05, 4.69) is 37.0 Å². The van der Waals surface area contributed by atoms with Crippen LogP contribution in [0.15, 0.2) is 48.1 Å². The largest absolute Gasteiger partial charge is 0.435 e. The van der Waals surface area contributed by atoms with Crippen LogP contribution < -0.4 is 10.1 Å². The number of halogens is 2. The van der Waals surface area contributed by atoms with Crippen molar-refractivity contribution in [2.45, 2.75) is 26.4 Å². The number of alkyl halides is 1. The smallest absolute Gasteiger partial charge is 0.262 e. The number of fused-ring (bicyclic) bond motifs is 1. The van der Waals surface area contributed by atoms with Crippen LogP contribution in [0.3, 0.4) is 0 Å². The summed E-state index contributed by atoms with van der Waals surface area (Å²) < 4.78 is 36.4. The maximum absolute atomic E-state index is 15.3. The van der Waals surface area contributed by atoms with Gasteiger partial charge < -0.3 is 29.7 Å². The van der Waals surface area contributed by atoms with E-state index in [0.717, 1.165) is 38.4 Å². The van der Waals surface area contributed by atoms with Crippen LogP contribution >= 0.6 is 0 Å². The van der Waals surface area contributed by atoms with Gasteiger partial charge in [-0.2, -0.15) is 0 Å². The van der Waals surface area contributed by atoms with Gasteiger partial charge in [-0.3, -0.25) is 4.79 Å². The first kappa shape index (κ1) is 26.6. The zero-order valence-corrected chi connectivity index (χ0v) is 22.6. The quantitative estimate of drug-likeness (QED) is 0.460. The van der Waals surface area contributed by atoms with E-state index in [0.29, 0.717) is 22.3 Å². The molecule has 11 heteroatoms. The number of H-pyrrole nitrogens is 1. The Balaban J connectivity index is 1.43. The summed E-state index contributed by atoms with van der Waals surface area (Å²) in [7, 11) is 3.17. The van der Waals surface area contributed by atoms with Gasteiger partial charge in [0.2, 0.25) is 5.88 Å². The average Bonchev–Trinajstić information content (AvgIpc) is 3.31. The summed E-state index contributed by atoms with van der Waals surface area (Å²) in [5.41, 5.74) is 2.70. The Labute approximate surface area is 226 Å². The van der Waals surface area contributed by atoms with Crippen molar-refractivity contribution >= 4 is 22.6 Å². The Hall–Kier alpha value is -3.99. The van der Waals surface area contributed by atoms with Crippen molar-refractivity contribution in [3.05, 3.63) is 65.1 Å². The molecule has 1 saturated heterocycles. The molecule has 0 radical (unpaired) electrons. The summed E-state index contributed by atoms with van der Waals surface area (Å²) in [5, 5.41) is 3.47. The third-order valence-electron chi connectivity index (χ3n) is 7.12. The lowest BCUT2D eigenvalue weighted by atomic mass is 10.0. The van der Waals surface area contributed by atoms with Gasteiger partial charge in [0, 0.05) is 74.7 Å². The van der Waals surface area contributed by atoms with Gasteiger partial charge in [0.05, 0.1) is 0 Å². The van der Waals surface area contributed by atoms with Gasteiger partial charge >= 0.3 is 0 Å².